The van der Waals surface area contributed by atoms with Gasteiger partial charge in [0.2, 0.25) is 5.95 Å². The Labute approximate surface area is 118 Å². The van der Waals surface area contributed by atoms with Crippen molar-refractivity contribution in [2.24, 2.45) is 0 Å². The highest BCUT2D eigenvalue weighted by atomic mass is 16.5. The van der Waals surface area contributed by atoms with E-state index in [1.807, 2.05) is 0 Å². The van der Waals surface area contributed by atoms with E-state index in [9.17, 15) is 0 Å². The molecule has 2 aliphatic heterocycles. The van der Waals surface area contributed by atoms with Gasteiger partial charge in [-0.15, -0.1) is 4.98 Å². The first-order valence-electron chi connectivity index (χ1n) is 6.84. The molecule has 8 heteroatoms. The summed E-state index contributed by atoms with van der Waals surface area (Å²) in [5.74, 6) is 0.625. The van der Waals surface area contributed by atoms with E-state index < -0.39 is 0 Å². The monoisotopic (exact) mass is 280 g/mol. The van der Waals surface area contributed by atoms with Gasteiger partial charge in [0.1, 0.15) is 0 Å². The van der Waals surface area contributed by atoms with Crippen molar-refractivity contribution in [2.45, 2.75) is 6.04 Å². The number of ether oxygens (including phenoxy) is 2. The topological polar surface area (TPSA) is 75.6 Å². The molecule has 0 unspecified atom stereocenters. The average Bonchev–Trinajstić information content (AvgIpc) is 2.46. The van der Waals surface area contributed by atoms with Crippen LogP contribution in [-0.4, -0.2) is 79.4 Å². The second kappa shape index (κ2) is 5.76. The first-order chi connectivity index (χ1) is 9.80. The molecule has 2 aliphatic rings. The lowest BCUT2D eigenvalue weighted by Crippen LogP contribution is -2.63. The molecule has 0 aromatic carbocycles. The number of anilines is 1. The van der Waals surface area contributed by atoms with Gasteiger partial charge in [0.05, 0.1) is 14.2 Å². The lowest BCUT2D eigenvalue weighted by atomic mass is 10.1. The number of piperazine rings is 1. The third-order valence-corrected chi connectivity index (χ3v) is 3.76. The van der Waals surface area contributed by atoms with Gasteiger partial charge in [-0.2, -0.15) is 9.97 Å². The third kappa shape index (κ3) is 2.61. The molecule has 1 aromatic heterocycles. The Bertz CT molecular complexity index is 437. The lowest BCUT2D eigenvalue weighted by Gasteiger charge is -2.46. The molecule has 0 saturated carbocycles. The van der Waals surface area contributed by atoms with Crippen molar-refractivity contribution in [3.05, 3.63) is 0 Å². The summed E-state index contributed by atoms with van der Waals surface area (Å²) in [7, 11) is 3.08. The number of hydrogen-bond donors (Lipinski definition) is 1. The Hall–Kier alpha value is -1.67. The smallest absolute Gasteiger partial charge is 0.324 e. The number of nitrogens with zero attached hydrogens (tertiary/aromatic N) is 5. The molecule has 8 nitrogen and oxygen atoms in total. The van der Waals surface area contributed by atoms with E-state index in [2.05, 4.69) is 30.1 Å². The fraction of sp³-hybridized carbons (Fsp3) is 0.750. The van der Waals surface area contributed by atoms with Gasteiger partial charge in [0.15, 0.2) is 0 Å². The van der Waals surface area contributed by atoms with Gasteiger partial charge in [-0.25, -0.2) is 0 Å². The third-order valence-electron chi connectivity index (χ3n) is 3.76. The summed E-state index contributed by atoms with van der Waals surface area (Å²) in [5.41, 5.74) is 0. The van der Waals surface area contributed by atoms with Crippen molar-refractivity contribution < 1.29 is 9.47 Å². The van der Waals surface area contributed by atoms with Gasteiger partial charge in [-0.05, 0) is 0 Å². The van der Waals surface area contributed by atoms with Crippen LogP contribution in [0.4, 0.5) is 5.95 Å². The molecule has 1 aromatic rings. The molecule has 3 rings (SSSR count). The molecule has 20 heavy (non-hydrogen) atoms. The van der Waals surface area contributed by atoms with Gasteiger partial charge >= 0.3 is 12.0 Å². The molecule has 0 radical (unpaired) electrons. The average molecular weight is 280 g/mol. The number of aromatic nitrogens is 3. The SMILES string of the molecule is COc1nc(OC)nc(N2CC(N3CCNCC3)C2)n1. The summed E-state index contributed by atoms with van der Waals surface area (Å²) in [6.45, 7) is 6.26. The van der Waals surface area contributed by atoms with Crippen molar-refractivity contribution in [3.8, 4) is 12.0 Å². The Morgan fingerprint density at radius 1 is 1.00 bits per heavy atom. The molecule has 2 saturated heterocycles. The highest BCUT2D eigenvalue weighted by Crippen LogP contribution is 2.23. The minimum absolute atomic E-state index is 0.289. The Kier molecular flexibility index (Phi) is 3.83. The highest BCUT2D eigenvalue weighted by Gasteiger charge is 2.34. The maximum atomic E-state index is 5.07. The van der Waals surface area contributed by atoms with Crippen LogP contribution in [0.15, 0.2) is 0 Å². The summed E-state index contributed by atoms with van der Waals surface area (Å²) in [6.07, 6.45) is 0. The second-order valence-corrected chi connectivity index (χ2v) is 4.95. The fourth-order valence-corrected chi connectivity index (χ4v) is 2.55. The number of hydrogen-bond acceptors (Lipinski definition) is 8. The van der Waals surface area contributed by atoms with Gasteiger partial charge in [-0.3, -0.25) is 4.90 Å². The summed E-state index contributed by atoms with van der Waals surface area (Å²) in [5, 5.41) is 3.37. The number of nitrogens with one attached hydrogen (secondary N) is 1. The van der Waals surface area contributed by atoms with Gasteiger partial charge in [0.25, 0.3) is 0 Å². The van der Waals surface area contributed by atoms with Crippen molar-refractivity contribution in [1.82, 2.24) is 25.2 Å². The van der Waals surface area contributed by atoms with Crippen LogP contribution in [-0.2, 0) is 0 Å². The van der Waals surface area contributed by atoms with Crippen molar-refractivity contribution in [2.75, 3.05) is 58.4 Å². The zero-order valence-electron chi connectivity index (χ0n) is 11.9. The first kappa shape index (κ1) is 13.3. The van der Waals surface area contributed by atoms with E-state index >= 15 is 0 Å². The molecular weight excluding hydrogens is 260 g/mol. The van der Waals surface area contributed by atoms with Gasteiger partial charge in [0, 0.05) is 45.3 Å². The normalized spacial score (nSPS) is 20.6. The van der Waals surface area contributed by atoms with Crippen molar-refractivity contribution in [1.29, 1.82) is 0 Å². The van der Waals surface area contributed by atoms with Crippen LogP contribution in [0.1, 0.15) is 0 Å². The zero-order chi connectivity index (χ0) is 13.9. The van der Waals surface area contributed by atoms with Gasteiger partial charge in [-0.1, -0.05) is 0 Å². The predicted octanol–water partition coefficient (Wildman–Crippen LogP) is -1.02. The molecule has 0 spiro atoms. The Morgan fingerprint density at radius 2 is 1.60 bits per heavy atom. The van der Waals surface area contributed by atoms with Crippen LogP contribution < -0.4 is 19.7 Å². The lowest BCUT2D eigenvalue weighted by molar-refractivity contribution is 0.146. The zero-order valence-corrected chi connectivity index (χ0v) is 11.9. The quantitative estimate of drug-likeness (QED) is 0.751. The van der Waals surface area contributed by atoms with E-state index in [4.69, 9.17) is 9.47 Å². The fourth-order valence-electron chi connectivity index (χ4n) is 2.55. The van der Waals surface area contributed by atoms with Crippen LogP contribution in [0, 0.1) is 0 Å². The summed E-state index contributed by atoms with van der Waals surface area (Å²) in [4.78, 5) is 17.2. The molecule has 2 fully saturated rings. The molecule has 3 heterocycles. The Morgan fingerprint density at radius 3 is 2.15 bits per heavy atom. The predicted molar refractivity (Wildman–Crippen MR) is 73.4 cm³/mol. The molecule has 0 amide bonds. The van der Waals surface area contributed by atoms with E-state index in [0.717, 1.165) is 39.3 Å². The maximum absolute atomic E-state index is 5.07. The molecule has 0 bridgehead atoms. The molecule has 0 atom stereocenters. The van der Waals surface area contributed by atoms with E-state index in [0.29, 0.717) is 12.0 Å². The highest BCUT2D eigenvalue weighted by molar-refractivity contribution is 5.37. The van der Waals surface area contributed by atoms with E-state index in [1.54, 1.807) is 0 Å². The number of methoxy groups -OCH3 is 2. The Balaban J connectivity index is 1.63. The van der Waals surface area contributed by atoms with E-state index in [1.165, 1.54) is 14.2 Å². The standard InChI is InChI=1S/C12H20N6O2/c1-19-11-14-10(15-12(16-11)20-2)18-7-9(8-18)17-5-3-13-4-6-17/h9,13H,3-8H2,1-2H3. The second-order valence-electron chi connectivity index (χ2n) is 4.95. The summed E-state index contributed by atoms with van der Waals surface area (Å²) >= 11 is 0. The molecule has 110 valence electrons. The van der Waals surface area contributed by atoms with Crippen LogP contribution >= 0.6 is 0 Å². The van der Waals surface area contributed by atoms with Crippen molar-refractivity contribution >= 4 is 5.95 Å². The molecule has 0 aliphatic carbocycles. The first-order valence-corrected chi connectivity index (χ1v) is 6.84. The minimum Gasteiger partial charge on any atom is -0.467 e. The summed E-state index contributed by atoms with van der Waals surface area (Å²) < 4.78 is 10.1. The largest absolute Gasteiger partial charge is 0.467 e. The van der Waals surface area contributed by atoms with Crippen LogP contribution in [0.25, 0.3) is 0 Å². The summed E-state index contributed by atoms with van der Waals surface area (Å²) in [6, 6.07) is 1.17. The molecule has 1 N–H and O–H groups in total. The van der Waals surface area contributed by atoms with Crippen LogP contribution in [0.2, 0.25) is 0 Å². The maximum Gasteiger partial charge on any atom is 0.324 e. The van der Waals surface area contributed by atoms with Crippen molar-refractivity contribution in [3.63, 3.8) is 0 Å². The molecular formula is C12H20N6O2. The van der Waals surface area contributed by atoms with Gasteiger partial charge < -0.3 is 19.7 Å². The van der Waals surface area contributed by atoms with Crippen LogP contribution in [0.3, 0.4) is 0 Å². The van der Waals surface area contributed by atoms with Crippen LogP contribution in [0.5, 0.6) is 12.0 Å². The minimum atomic E-state index is 0.289. The number of rotatable bonds is 4. The van der Waals surface area contributed by atoms with E-state index in [-0.39, 0.29) is 12.0 Å².